The first-order valence-corrected chi connectivity index (χ1v) is 7.82. The van der Waals surface area contributed by atoms with Gasteiger partial charge in [0.05, 0.1) is 12.7 Å². The molecule has 1 saturated carbocycles. The van der Waals surface area contributed by atoms with E-state index in [0.717, 1.165) is 24.0 Å². The molecule has 1 aliphatic carbocycles. The molecule has 1 heterocycles. The van der Waals surface area contributed by atoms with Crippen molar-refractivity contribution >= 4 is 17.7 Å². The molecule has 4 nitrogen and oxygen atoms in total. The predicted molar refractivity (Wildman–Crippen MR) is 87.4 cm³/mol. The minimum Gasteiger partial charge on any atom is -0.383 e. The van der Waals surface area contributed by atoms with Gasteiger partial charge in [-0.05, 0) is 41.5 Å². The molecular weight excluding hydrogens is 298 g/mol. The van der Waals surface area contributed by atoms with Crippen LogP contribution in [-0.2, 0) is 6.54 Å². The van der Waals surface area contributed by atoms with Crippen LogP contribution in [0, 0.1) is 5.41 Å². The normalized spacial score (nSPS) is 25.7. The van der Waals surface area contributed by atoms with Crippen molar-refractivity contribution in [2.45, 2.75) is 38.8 Å². The van der Waals surface area contributed by atoms with Gasteiger partial charge in [-0.25, -0.2) is 4.68 Å². The lowest BCUT2D eigenvalue weighted by molar-refractivity contribution is -0.0300. The van der Waals surface area contributed by atoms with Gasteiger partial charge in [-0.2, -0.15) is 0 Å². The molecule has 5 heteroatoms. The van der Waals surface area contributed by atoms with Crippen LogP contribution in [0.3, 0.4) is 0 Å². The summed E-state index contributed by atoms with van der Waals surface area (Å²) in [5, 5.41) is 19.9. The zero-order valence-electron chi connectivity index (χ0n) is 12.8. The highest BCUT2D eigenvalue weighted by Crippen LogP contribution is 2.50. The van der Waals surface area contributed by atoms with Gasteiger partial charge >= 0.3 is 0 Å². The Balaban J connectivity index is 1.97. The van der Waals surface area contributed by atoms with Crippen molar-refractivity contribution in [2.24, 2.45) is 5.41 Å². The second-order valence-electron chi connectivity index (χ2n) is 6.57. The fraction of sp³-hybridized carbons (Fsp3) is 0.412. The highest BCUT2D eigenvalue weighted by Gasteiger charge is 2.51. The average Bonchev–Trinajstić information content (AvgIpc) is 3.04. The maximum Gasteiger partial charge on any atom is 0.111 e. The van der Waals surface area contributed by atoms with Gasteiger partial charge in [0.15, 0.2) is 0 Å². The molecule has 1 atom stereocenters. The van der Waals surface area contributed by atoms with Crippen molar-refractivity contribution in [1.82, 2.24) is 15.0 Å². The van der Waals surface area contributed by atoms with Gasteiger partial charge in [0.25, 0.3) is 0 Å². The van der Waals surface area contributed by atoms with E-state index >= 15 is 0 Å². The third-order valence-electron chi connectivity index (χ3n) is 4.74. The van der Waals surface area contributed by atoms with Gasteiger partial charge < -0.3 is 5.11 Å². The molecule has 1 aromatic heterocycles. The lowest BCUT2D eigenvalue weighted by Crippen LogP contribution is -2.45. The number of hydrogen-bond acceptors (Lipinski definition) is 3. The molecule has 0 bridgehead atoms. The van der Waals surface area contributed by atoms with Crippen LogP contribution < -0.4 is 0 Å². The summed E-state index contributed by atoms with van der Waals surface area (Å²) >= 11 is 5.94. The molecule has 0 aliphatic heterocycles. The molecule has 2 aromatic rings. The van der Waals surface area contributed by atoms with Crippen molar-refractivity contribution in [1.29, 1.82) is 0 Å². The van der Waals surface area contributed by atoms with Crippen molar-refractivity contribution in [3.05, 3.63) is 52.8 Å². The Bertz CT molecular complexity index is 676. The van der Waals surface area contributed by atoms with E-state index in [9.17, 15) is 5.11 Å². The lowest BCUT2D eigenvalue weighted by atomic mass is 9.76. The van der Waals surface area contributed by atoms with E-state index in [4.69, 9.17) is 11.6 Å². The highest BCUT2D eigenvalue weighted by atomic mass is 35.5. The van der Waals surface area contributed by atoms with Crippen LogP contribution in [0.25, 0.3) is 6.08 Å². The molecule has 1 N–H and O–H groups in total. The maximum absolute atomic E-state index is 11.4. The van der Waals surface area contributed by atoms with E-state index in [2.05, 4.69) is 30.2 Å². The fourth-order valence-electron chi connectivity index (χ4n) is 3.11. The Labute approximate surface area is 135 Å². The summed E-state index contributed by atoms with van der Waals surface area (Å²) < 4.78 is 1.70. The van der Waals surface area contributed by atoms with E-state index in [1.165, 1.54) is 0 Å². The van der Waals surface area contributed by atoms with Gasteiger partial charge in [-0.3, -0.25) is 0 Å². The quantitative estimate of drug-likeness (QED) is 0.941. The molecule has 1 aliphatic rings. The van der Waals surface area contributed by atoms with Gasteiger partial charge in [0, 0.05) is 11.2 Å². The summed E-state index contributed by atoms with van der Waals surface area (Å²) in [6.07, 6.45) is 7.31. The first-order valence-electron chi connectivity index (χ1n) is 7.44. The first-order chi connectivity index (χ1) is 10.4. The number of benzene rings is 1. The summed E-state index contributed by atoms with van der Waals surface area (Å²) in [6, 6.07) is 7.67. The smallest absolute Gasteiger partial charge is 0.111 e. The zero-order chi connectivity index (χ0) is 15.8. The fourth-order valence-corrected chi connectivity index (χ4v) is 3.24. The minimum absolute atomic E-state index is 0.211. The summed E-state index contributed by atoms with van der Waals surface area (Å²) in [7, 11) is 0. The Morgan fingerprint density at radius 3 is 2.68 bits per heavy atom. The maximum atomic E-state index is 11.4. The topological polar surface area (TPSA) is 50.9 Å². The minimum atomic E-state index is -0.930. The van der Waals surface area contributed by atoms with E-state index in [-0.39, 0.29) is 5.41 Å². The highest BCUT2D eigenvalue weighted by molar-refractivity contribution is 6.30. The van der Waals surface area contributed by atoms with Gasteiger partial charge in [0.1, 0.15) is 5.60 Å². The molecule has 1 unspecified atom stereocenters. The molecule has 1 aromatic carbocycles. The number of hydrogen-bond donors (Lipinski definition) is 1. The summed E-state index contributed by atoms with van der Waals surface area (Å²) in [6.45, 7) is 4.62. The van der Waals surface area contributed by atoms with Crippen LogP contribution in [-0.4, -0.2) is 25.7 Å². The first kappa shape index (κ1) is 15.3. The molecule has 0 saturated heterocycles. The van der Waals surface area contributed by atoms with Crippen molar-refractivity contribution in [2.75, 3.05) is 0 Å². The Kier molecular flexibility index (Phi) is 3.83. The average molecular weight is 318 g/mol. The summed E-state index contributed by atoms with van der Waals surface area (Å²) in [5.41, 5.74) is 0.946. The van der Waals surface area contributed by atoms with Crippen LogP contribution in [0.5, 0.6) is 0 Å². The molecular formula is C17H20ClN3O. The van der Waals surface area contributed by atoms with Crippen LogP contribution in [0.2, 0.25) is 5.02 Å². The molecule has 22 heavy (non-hydrogen) atoms. The van der Waals surface area contributed by atoms with Crippen molar-refractivity contribution in [3.63, 3.8) is 0 Å². The zero-order valence-corrected chi connectivity index (χ0v) is 13.6. The number of aromatic nitrogens is 3. The van der Waals surface area contributed by atoms with Crippen LogP contribution in [0.15, 0.2) is 42.2 Å². The Morgan fingerprint density at radius 2 is 2.05 bits per heavy atom. The van der Waals surface area contributed by atoms with E-state index < -0.39 is 5.60 Å². The van der Waals surface area contributed by atoms with Crippen LogP contribution in [0.4, 0.5) is 0 Å². The molecule has 1 fully saturated rings. The molecule has 0 spiro atoms. The molecule has 0 amide bonds. The van der Waals surface area contributed by atoms with Gasteiger partial charge in [-0.15, -0.1) is 5.10 Å². The van der Waals surface area contributed by atoms with Crippen molar-refractivity contribution in [3.8, 4) is 0 Å². The standard InChI is InChI=1S/C17H20ClN3O/c1-16(2)8-7-14(11-13-3-5-15(18)6-4-13)17(16,22)12-21-10-9-19-20-21/h3-6,9-11,22H,7-8,12H2,1-2H3. The van der Waals surface area contributed by atoms with E-state index in [0.29, 0.717) is 11.6 Å². The predicted octanol–water partition coefficient (Wildman–Crippen LogP) is 3.57. The number of nitrogens with zero attached hydrogens (tertiary/aromatic N) is 3. The Morgan fingerprint density at radius 1 is 1.32 bits per heavy atom. The van der Waals surface area contributed by atoms with Crippen LogP contribution in [0.1, 0.15) is 32.3 Å². The van der Waals surface area contributed by atoms with Crippen molar-refractivity contribution < 1.29 is 5.11 Å². The summed E-state index contributed by atoms with van der Waals surface area (Å²) in [5.74, 6) is 0. The second-order valence-corrected chi connectivity index (χ2v) is 7.00. The monoisotopic (exact) mass is 317 g/mol. The van der Waals surface area contributed by atoms with Gasteiger partial charge in [0.2, 0.25) is 0 Å². The summed E-state index contributed by atoms with van der Waals surface area (Å²) in [4.78, 5) is 0. The van der Waals surface area contributed by atoms with Crippen LogP contribution >= 0.6 is 11.6 Å². The lowest BCUT2D eigenvalue weighted by Gasteiger charge is -2.37. The van der Waals surface area contributed by atoms with E-state index in [1.54, 1.807) is 17.1 Å². The Hall–Kier alpha value is -1.65. The molecule has 116 valence electrons. The van der Waals surface area contributed by atoms with Gasteiger partial charge in [-0.1, -0.05) is 48.9 Å². The van der Waals surface area contributed by atoms with E-state index in [1.807, 2.05) is 24.3 Å². The third-order valence-corrected chi connectivity index (χ3v) is 5.00. The third kappa shape index (κ3) is 2.69. The second kappa shape index (κ2) is 5.52. The molecule has 3 rings (SSSR count). The number of aliphatic hydroxyl groups is 1. The number of halogens is 1. The number of rotatable bonds is 3. The SMILES string of the molecule is CC1(C)CCC(=Cc2ccc(Cl)cc2)C1(O)Cn1ccnn1. The largest absolute Gasteiger partial charge is 0.383 e. The molecule has 0 radical (unpaired) electrons.